The van der Waals surface area contributed by atoms with Gasteiger partial charge in [0.25, 0.3) is 0 Å². The molecule has 6 atom stereocenters. The minimum atomic E-state index is -1.61. The summed E-state index contributed by atoms with van der Waals surface area (Å²) in [5.41, 5.74) is 0. The largest absolute Gasteiger partial charge is 0.394 e. The maximum Gasteiger partial charge on any atom is 0.243 e. The number of nitrogens with one attached hydrogen (secondary N) is 2. The van der Waals surface area contributed by atoms with Crippen LogP contribution in [-0.4, -0.2) is 81.3 Å². The highest BCUT2D eigenvalue weighted by molar-refractivity contribution is 7.80. The number of carbonyl (C=O) groups excluding carboxylic acids is 2. The van der Waals surface area contributed by atoms with E-state index in [0.717, 1.165) is 0 Å². The molecule has 1 heterocycles. The van der Waals surface area contributed by atoms with Gasteiger partial charge in [0.2, 0.25) is 11.8 Å². The molecule has 0 aliphatic carbocycles. The van der Waals surface area contributed by atoms with Crippen LogP contribution in [0.3, 0.4) is 0 Å². The second-order valence-electron chi connectivity index (χ2n) is 4.70. The predicted octanol–water partition coefficient (Wildman–Crippen LogP) is -3.66. The molecule has 2 amide bonds. The summed E-state index contributed by atoms with van der Waals surface area (Å²) in [7, 11) is 0. The van der Waals surface area contributed by atoms with Crippen molar-refractivity contribution in [2.45, 2.75) is 43.6 Å². The molecule has 1 rings (SSSR count). The van der Waals surface area contributed by atoms with E-state index in [9.17, 15) is 24.9 Å². The Morgan fingerprint density at radius 3 is 2.38 bits per heavy atom. The van der Waals surface area contributed by atoms with E-state index in [1.165, 1.54) is 6.92 Å². The minimum absolute atomic E-state index is 0.00694. The van der Waals surface area contributed by atoms with E-state index in [-0.39, 0.29) is 5.75 Å². The van der Waals surface area contributed by atoms with Gasteiger partial charge in [0.05, 0.1) is 6.61 Å². The number of amides is 2. The number of aliphatic hydroxyl groups excluding tert-OH is 4. The van der Waals surface area contributed by atoms with E-state index < -0.39 is 55.1 Å². The summed E-state index contributed by atoms with van der Waals surface area (Å²) >= 11 is 3.93. The predicted molar refractivity (Wildman–Crippen MR) is 73.4 cm³/mol. The fourth-order valence-corrected chi connectivity index (χ4v) is 2.21. The molecule has 1 aliphatic rings. The Balaban J connectivity index is 2.72. The van der Waals surface area contributed by atoms with Crippen molar-refractivity contribution in [3.63, 3.8) is 0 Å². The summed E-state index contributed by atoms with van der Waals surface area (Å²) in [6.07, 6.45) is -5.77. The van der Waals surface area contributed by atoms with E-state index in [0.29, 0.717) is 0 Å². The summed E-state index contributed by atoms with van der Waals surface area (Å²) in [5, 5.41) is 42.9. The first kappa shape index (κ1) is 18.1. The van der Waals surface area contributed by atoms with Gasteiger partial charge in [-0.1, -0.05) is 0 Å². The number of rotatable bonds is 5. The van der Waals surface area contributed by atoms with E-state index in [1.54, 1.807) is 0 Å². The molecule has 1 aliphatic heterocycles. The molecule has 21 heavy (non-hydrogen) atoms. The summed E-state index contributed by atoms with van der Waals surface area (Å²) in [6.45, 7) is 0.633. The van der Waals surface area contributed by atoms with Crippen LogP contribution in [0.25, 0.3) is 0 Å². The number of thiol groups is 1. The Labute approximate surface area is 126 Å². The molecule has 122 valence electrons. The first-order chi connectivity index (χ1) is 9.81. The molecule has 0 aromatic carbocycles. The zero-order valence-electron chi connectivity index (χ0n) is 11.3. The topological polar surface area (TPSA) is 148 Å². The van der Waals surface area contributed by atoms with Gasteiger partial charge in [-0.15, -0.1) is 0 Å². The molecular formula is C11H20N2O7S. The van der Waals surface area contributed by atoms with E-state index in [2.05, 4.69) is 23.3 Å². The van der Waals surface area contributed by atoms with Crippen molar-refractivity contribution in [2.75, 3.05) is 12.4 Å². The van der Waals surface area contributed by atoms with E-state index in [4.69, 9.17) is 9.84 Å². The SMILES string of the molecule is CC(=O)NC(CS)C(=O)NC1C(O)OC(CO)[C@H](O)[C@@H]1O. The zero-order chi connectivity index (χ0) is 16.2. The highest BCUT2D eigenvalue weighted by Gasteiger charge is 2.44. The maximum atomic E-state index is 11.9. The molecule has 0 spiro atoms. The van der Waals surface area contributed by atoms with Gasteiger partial charge in [-0.2, -0.15) is 12.6 Å². The fourth-order valence-electron chi connectivity index (χ4n) is 1.96. The Kier molecular flexibility index (Phi) is 6.84. The third-order valence-corrected chi connectivity index (χ3v) is 3.45. The molecule has 0 radical (unpaired) electrons. The van der Waals surface area contributed by atoms with Crippen LogP contribution in [0, 0.1) is 0 Å². The smallest absolute Gasteiger partial charge is 0.243 e. The molecule has 0 aromatic heterocycles. The van der Waals surface area contributed by atoms with Gasteiger partial charge in [-0.3, -0.25) is 9.59 Å². The third-order valence-electron chi connectivity index (χ3n) is 3.09. The van der Waals surface area contributed by atoms with Gasteiger partial charge >= 0.3 is 0 Å². The molecule has 0 bridgehead atoms. The van der Waals surface area contributed by atoms with Crippen LogP contribution in [0.2, 0.25) is 0 Å². The zero-order valence-corrected chi connectivity index (χ0v) is 12.2. The van der Waals surface area contributed by atoms with Crippen LogP contribution >= 0.6 is 12.6 Å². The highest BCUT2D eigenvalue weighted by Crippen LogP contribution is 2.19. The first-order valence-electron chi connectivity index (χ1n) is 6.30. The van der Waals surface area contributed by atoms with Gasteiger partial charge in [0.1, 0.15) is 30.4 Å². The second-order valence-corrected chi connectivity index (χ2v) is 5.06. The lowest BCUT2D eigenvalue weighted by Gasteiger charge is -2.40. The number of hydrogen-bond acceptors (Lipinski definition) is 8. The molecule has 9 nitrogen and oxygen atoms in total. The van der Waals surface area contributed by atoms with Crippen LogP contribution in [0.15, 0.2) is 0 Å². The van der Waals surface area contributed by atoms with Gasteiger partial charge in [-0.25, -0.2) is 0 Å². The van der Waals surface area contributed by atoms with Crippen LogP contribution in [0.1, 0.15) is 6.92 Å². The van der Waals surface area contributed by atoms with Gasteiger partial charge in [-0.05, 0) is 0 Å². The van der Waals surface area contributed by atoms with Gasteiger partial charge in [0.15, 0.2) is 6.29 Å². The summed E-state index contributed by atoms with van der Waals surface area (Å²) in [6, 6.07) is -2.26. The Hall–Kier alpha value is -0.910. The summed E-state index contributed by atoms with van der Waals surface area (Å²) in [5.74, 6) is -1.13. The quantitative estimate of drug-likeness (QED) is 0.258. The molecule has 6 N–H and O–H groups in total. The molecule has 10 heteroatoms. The van der Waals surface area contributed by atoms with Crippen molar-refractivity contribution < 1.29 is 34.8 Å². The summed E-state index contributed by atoms with van der Waals surface area (Å²) < 4.78 is 4.90. The lowest BCUT2D eigenvalue weighted by molar-refractivity contribution is -0.253. The number of ether oxygens (including phenoxy) is 1. The third kappa shape index (κ3) is 4.53. The number of aliphatic hydroxyl groups is 4. The fraction of sp³-hybridized carbons (Fsp3) is 0.818. The van der Waals surface area contributed by atoms with Crippen molar-refractivity contribution >= 4 is 24.4 Å². The van der Waals surface area contributed by atoms with Crippen molar-refractivity contribution in [1.82, 2.24) is 10.6 Å². The molecule has 1 fully saturated rings. The van der Waals surface area contributed by atoms with Crippen molar-refractivity contribution in [1.29, 1.82) is 0 Å². The standard InChI is InChI=1S/C11H20N2O7S/c1-4(15)12-5(3-21)10(18)13-7-9(17)8(16)6(2-14)20-11(7)19/h5-9,11,14,16-17,19,21H,2-3H2,1H3,(H,12,15)(H,13,18)/t5?,6?,7?,8-,9+,11?/m0/s1. The van der Waals surface area contributed by atoms with Gasteiger partial charge in [0, 0.05) is 12.7 Å². The normalized spacial score (nSPS) is 34.1. The first-order valence-corrected chi connectivity index (χ1v) is 6.94. The van der Waals surface area contributed by atoms with Crippen LogP contribution < -0.4 is 10.6 Å². The monoisotopic (exact) mass is 324 g/mol. The van der Waals surface area contributed by atoms with Crippen LogP contribution in [0.5, 0.6) is 0 Å². The Morgan fingerprint density at radius 2 is 1.90 bits per heavy atom. The average molecular weight is 324 g/mol. The average Bonchev–Trinajstić information content (AvgIpc) is 2.44. The van der Waals surface area contributed by atoms with Crippen LogP contribution in [0.4, 0.5) is 0 Å². The lowest BCUT2D eigenvalue weighted by atomic mass is 9.97. The highest BCUT2D eigenvalue weighted by atomic mass is 32.1. The van der Waals surface area contributed by atoms with Crippen molar-refractivity contribution in [3.05, 3.63) is 0 Å². The van der Waals surface area contributed by atoms with Crippen LogP contribution in [-0.2, 0) is 14.3 Å². The minimum Gasteiger partial charge on any atom is -0.394 e. The van der Waals surface area contributed by atoms with E-state index >= 15 is 0 Å². The van der Waals surface area contributed by atoms with Crippen molar-refractivity contribution in [2.24, 2.45) is 0 Å². The second kappa shape index (κ2) is 7.92. The molecular weight excluding hydrogens is 304 g/mol. The molecule has 1 saturated heterocycles. The lowest BCUT2D eigenvalue weighted by Crippen LogP contribution is -2.65. The molecule has 4 unspecified atom stereocenters. The number of carbonyl (C=O) groups is 2. The molecule has 0 aromatic rings. The Bertz CT molecular complexity index is 384. The summed E-state index contributed by atoms with van der Waals surface area (Å²) in [4.78, 5) is 22.9. The number of hydrogen-bond donors (Lipinski definition) is 7. The van der Waals surface area contributed by atoms with Gasteiger partial charge < -0.3 is 35.8 Å². The molecule has 0 saturated carbocycles. The van der Waals surface area contributed by atoms with Crippen molar-refractivity contribution in [3.8, 4) is 0 Å². The Morgan fingerprint density at radius 1 is 1.29 bits per heavy atom. The van der Waals surface area contributed by atoms with E-state index in [1.807, 2.05) is 0 Å². The maximum absolute atomic E-state index is 11.9.